The van der Waals surface area contributed by atoms with Gasteiger partial charge in [0.1, 0.15) is 6.10 Å². The van der Waals surface area contributed by atoms with Crippen LogP contribution < -0.4 is 4.90 Å². The largest absolute Gasteiger partial charge is 0.462 e. The number of halogens is 1. The van der Waals surface area contributed by atoms with Gasteiger partial charge in [-0.3, -0.25) is 19.3 Å². The van der Waals surface area contributed by atoms with E-state index in [2.05, 4.69) is 15.9 Å². The van der Waals surface area contributed by atoms with Crippen LogP contribution in [-0.2, 0) is 19.1 Å². The van der Waals surface area contributed by atoms with Crippen LogP contribution in [0.5, 0.6) is 0 Å². The Morgan fingerprint density at radius 3 is 2.50 bits per heavy atom. The third-order valence-electron chi connectivity index (χ3n) is 7.62. The summed E-state index contributed by atoms with van der Waals surface area (Å²) >= 11 is 6.13. The number of nitrogens with zero attached hydrogens (tertiary/aromatic N) is 4. The van der Waals surface area contributed by atoms with E-state index in [0.717, 1.165) is 56.3 Å². The number of benzene rings is 1. The van der Waals surface area contributed by atoms with Crippen LogP contribution in [-0.4, -0.2) is 98.0 Å². The first kappa shape index (κ1) is 24.8. The monoisotopic (exact) mass is 490 g/mol. The van der Waals surface area contributed by atoms with Gasteiger partial charge in [0.05, 0.1) is 12.0 Å². The van der Waals surface area contributed by atoms with Crippen molar-refractivity contribution in [3.63, 3.8) is 0 Å². The fourth-order valence-corrected chi connectivity index (χ4v) is 5.42. The molecular formula is C25H35ClN4O4. The van der Waals surface area contributed by atoms with E-state index in [9.17, 15) is 14.4 Å². The number of carbonyl (C=O) groups is 3. The Hall–Kier alpha value is -2.32. The Balaban J connectivity index is 1.20. The zero-order chi connectivity index (χ0) is 24.3. The molecule has 3 aliphatic heterocycles. The molecule has 8 nitrogen and oxygen atoms in total. The Bertz CT molecular complexity index is 910. The first-order valence-electron chi connectivity index (χ1n) is 12.2. The molecule has 0 saturated carbocycles. The van der Waals surface area contributed by atoms with Crippen LogP contribution in [0.4, 0.5) is 5.69 Å². The summed E-state index contributed by atoms with van der Waals surface area (Å²) in [6, 6.07) is 7.99. The summed E-state index contributed by atoms with van der Waals surface area (Å²) in [5, 5.41) is 0.760. The van der Waals surface area contributed by atoms with Gasteiger partial charge in [0, 0.05) is 76.9 Å². The number of hydrogen-bond acceptors (Lipinski definition) is 6. The second-order valence-corrected chi connectivity index (χ2v) is 10.3. The molecule has 3 heterocycles. The fraction of sp³-hybridized carbons (Fsp3) is 0.640. The molecule has 0 unspecified atom stereocenters. The van der Waals surface area contributed by atoms with Crippen molar-refractivity contribution in [3.8, 4) is 0 Å². The molecule has 3 saturated heterocycles. The van der Waals surface area contributed by atoms with Crippen LogP contribution in [0.15, 0.2) is 24.3 Å². The van der Waals surface area contributed by atoms with Crippen LogP contribution in [0.2, 0.25) is 5.02 Å². The number of hydrogen-bond donors (Lipinski definition) is 0. The van der Waals surface area contributed by atoms with Gasteiger partial charge in [-0.2, -0.15) is 0 Å². The lowest BCUT2D eigenvalue weighted by atomic mass is 9.75. The highest BCUT2D eigenvalue weighted by Gasteiger charge is 2.50. The number of esters is 1. The summed E-state index contributed by atoms with van der Waals surface area (Å²) in [5.41, 5.74) is 0.704. The van der Waals surface area contributed by atoms with Crippen LogP contribution in [0, 0.1) is 5.41 Å². The zero-order valence-corrected chi connectivity index (χ0v) is 20.9. The Morgan fingerprint density at radius 2 is 1.85 bits per heavy atom. The number of carbonyl (C=O) groups excluding carboxylic acids is 3. The number of rotatable bonds is 6. The summed E-state index contributed by atoms with van der Waals surface area (Å²) in [6.45, 7) is 7.39. The van der Waals surface area contributed by atoms with Gasteiger partial charge in [-0.05, 0) is 37.5 Å². The molecule has 0 radical (unpaired) electrons. The minimum absolute atomic E-state index is 0.0513. The van der Waals surface area contributed by atoms with Crippen molar-refractivity contribution in [2.45, 2.75) is 38.7 Å². The van der Waals surface area contributed by atoms with E-state index in [-0.39, 0.29) is 30.4 Å². The van der Waals surface area contributed by atoms with Crippen molar-refractivity contribution in [3.05, 3.63) is 29.3 Å². The van der Waals surface area contributed by atoms with Gasteiger partial charge in [0.2, 0.25) is 11.8 Å². The number of cyclic esters (lactones) is 1. The van der Waals surface area contributed by atoms with E-state index in [1.165, 1.54) is 11.8 Å². The smallest absolute Gasteiger partial charge is 0.312 e. The molecule has 4 rings (SSSR count). The summed E-state index contributed by atoms with van der Waals surface area (Å²) in [4.78, 5) is 44.6. The summed E-state index contributed by atoms with van der Waals surface area (Å²) < 4.78 is 5.79. The van der Waals surface area contributed by atoms with E-state index in [1.54, 1.807) is 11.9 Å². The van der Waals surface area contributed by atoms with E-state index in [4.69, 9.17) is 16.3 Å². The van der Waals surface area contributed by atoms with Crippen LogP contribution in [0.25, 0.3) is 0 Å². The highest BCUT2D eigenvalue weighted by atomic mass is 35.5. The Kier molecular flexibility index (Phi) is 7.67. The van der Waals surface area contributed by atoms with Crippen LogP contribution in [0.1, 0.15) is 32.6 Å². The normalized spacial score (nSPS) is 22.7. The number of ether oxygens (including phenoxy) is 1. The quantitative estimate of drug-likeness (QED) is 0.569. The number of likely N-dealkylation sites (tertiary alicyclic amines) is 1. The zero-order valence-electron chi connectivity index (χ0n) is 20.2. The van der Waals surface area contributed by atoms with Gasteiger partial charge in [-0.1, -0.05) is 17.7 Å². The van der Waals surface area contributed by atoms with E-state index in [1.807, 2.05) is 18.2 Å². The molecule has 1 aromatic rings. The SMILES string of the molecule is CC(=O)N(C)CC(=O)N1CCC2(CC1)C[C@H](CCN1CCN(c3cccc(Cl)c3)CC1)OC2=O. The van der Waals surface area contributed by atoms with Crippen molar-refractivity contribution in [1.29, 1.82) is 0 Å². The van der Waals surface area contributed by atoms with Gasteiger partial charge < -0.3 is 19.4 Å². The van der Waals surface area contributed by atoms with Crippen LogP contribution in [0.3, 0.4) is 0 Å². The topological polar surface area (TPSA) is 73.4 Å². The second-order valence-electron chi connectivity index (χ2n) is 9.86. The number of piperazine rings is 1. The minimum atomic E-state index is -0.459. The Morgan fingerprint density at radius 1 is 1.15 bits per heavy atom. The van der Waals surface area contributed by atoms with E-state index in [0.29, 0.717) is 25.9 Å². The summed E-state index contributed by atoms with van der Waals surface area (Å²) in [5.74, 6) is -0.293. The second kappa shape index (κ2) is 10.5. The molecular weight excluding hydrogens is 456 g/mol. The molecule has 9 heteroatoms. The molecule has 0 aliphatic carbocycles. The maximum absolute atomic E-state index is 12.8. The molecule has 186 valence electrons. The molecule has 0 N–H and O–H groups in total. The van der Waals surface area contributed by atoms with Crippen molar-refractivity contribution >= 4 is 35.1 Å². The van der Waals surface area contributed by atoms with Crippen LogP contribution >= 0.6 is 11.6 Å². The minimum Gasteiger partial charge on any atom is -0.462 e. The van der Waals surface area contributed by atoms with Gasteiger partial charge in [0.15, 0.2) is 0 Å². The molecule has 0 bridgehead atoms. The fourth-order valence-electron chi connectivity index (χ4n) is 5.23. The standard InChI is InChI=1S/C25H35ClN4O4/c1-19(31)27(2)18-23(32)30-10-7-25(8-11-30)17-22(34-24(25)33)6-9-28-12-14-29(15-13-28)21-5-3-4-20(26)16-21/h3-5,16,22H,6-15,17-18H2,1-2H3/t22-/m0/s1. The lowest BCUT2D eigenvalue weighted by Crippen LogP contribution is -2.48. The van der Waals surface area contributed by atoms with Gasteiger partial charge in [-0.15, -0.1) is 0 Å². The lowest BCUT2D eigenvalue weighted by molar-refractivity contribution is -0.153. The molecule has 1 atom stereocenters. The first-order chi connectivity index (χ1) is 16.3. The van der Waals surface area contributed by atoms with Crippen molar-refractivity contribution in [2.75, 3.05) is 64.3 Å². The predicted octanol–water partition coefficient (Wildman–Crippen LogP) is 2.25. The third kappa shape index (κ3) is 5.66. The maximum Gasteiger partial charge on any atom is 0.312 e. The summed E-state index contributed by atoms with van der Waals surface area (Å²) in [7, 11) is 1.63. The molecule has 1 aromatic carbocycles. The molecule has 3 aliphatic rings. The van der Waals surface area contributed by atoms with E-state index >= 15 is 0 Å². The van der Waals surface area contributed by atoms with Gasteiger partial charge in [0.25, 0.3) is 0 Å². The number of piperidine rings is 1. The molecule has 1 spiro atoms. The lowest BCUT2D eigenvalue weighted by Gasteiger charge is -2.37. The van der Waals surface area contributed by atoms with Gasteiger partial charge in [-0.25, -0.2) is 0 Å². The average molecular weight is 491 g/mol. The number of likely N-dealkylation sites (N-methyl/N-ethyl adjacent to an activating group) is 1. The maximum atomic E-state index is 12.8. The molecule has 3 fully saturated rings. The highest BCUT2D eigenvalue weighted by Crippen LogP contribution is 2.44. The molecule has 0 aromatic heterocycles. The molecule has 2 amide bonds. The van der Waals surface area contributed by atoms with Crippen molar-refractivity contribution < 1.29 is 19.1 Å². The van der Waals surface area contributed by atoms with Gasteiger partial charge >= 0.3 is 5.97 Å². The highest BCUT2D eigenvalue weighted by molar-refractivity contribution is 6.30. The average Bonchev–Trinajstić information content (AvgIpc) is 3.12. The number of amides is 2. The number of anilines is 1. The molecule has 34 heavy (non-hydrogen) atoms. The third-order valence-corrected chi connectivity index (χ3v) is 7.86. The van der Waals surface area contributed by atoms with Crippen molar-refractivity contribution in [2.24, 2.45) is 5.41 Å². The first-order valence-corrected chi connectivity index (χ1v) is 12.6. The summed E-state index contributed by atoms with van der Waals surface area (Å²) in [6.07, 6.45) is 2.80. The predicted molar refractivity (Wildman–Crippen MR) is 131 cm³/mol. The Labute approximate surface area is 206 Å². The van der Waals surface area contributed by atoms with Crippen molar-refractivity contribution in [1.82, 2.24) is 14.7 Å². The van der Waals surface area contributed by atoms with E-state index < -0.39 is 5.41 Å².